The standard InChI is InChI=1S/C21H34N8O7/c1-10(2)5-13(27-18(32)12(22)3-4-16(23)30)19(33)28-14(6-11-8-25-9-26-11)20(34)29-15(21(35)36)7-17(24)31/h8-10,12-15H,3-7,22H2,1-2H3,(H2,23,30)(H2,24,31)(H,25,26)(H,27,32)(H,28,33)(H,29,34)(H,35,36). The van der Waals surface area contributed by atoms with Gasteiger partial charge < -0.3 is 43.2 Å². The first-order valence-corrected chi connectivity index (χ1v) is 11.2. The van der Waals surface area contributed by atoms with E-state index >= 15 is 0 Å². The second-order valence-corrected chi connectivity index (χ2v) is 8.71. The minimum Gasteiger partial charge on any atom is -0.480 e. The molecule has 1 heterocycles. The highest BCUT2D eigenvalue weighted by Crippen LogP contribution is 2.08. The quantitative estimate of drug-likeness (QED) is 0.112. The number of aromatic nitrogens is 2. The summed E-state index contributed by atoms with van der Waals surface area (Å²) in [5.74, 6) is -5.39. The molecule has 36 heavy (non-hydrogen) atoms. The van der Waals surface area contributed by atoms with Crippen LogP contribution >= 0.6 is 0 Å². The van der Waals surface area contributed by atoms with Gasteiger partial charge >= 0.3 is 5.97 Å². The van der Waals surface area contributed by atoms with Crippen molar-refractivity contribution in [2.75, 3.05) is 0 Å². The van der Waals surface area contributed by atoms with Gasteiger partial charge in [0.25, 0.3) is 0 Å². The summed E-state index contributed by atoms with van der Waals surface area (Å²) in [5.41, 5.74) is 16.4. The van der Waals surface area contributed by atoms with Crippen molar-refractivity contribution in [1.82, 2.24) is 25.9 Å². The van der Waals surface area contributed by atoms with Crippen LogP contribution in [0.4, 0.5) is 0 Å². The van der Waals surface area contributed by atoms with E-state index in [1.165, 1.54) is 12.5 Å². The second-order valence-electron chi connectivity index (χ2n) is 8.71. The van der Waals surface area contributed by atoms with Crippen molar-refractivity contribution >= 4 is 35.5 Å². The summed E-state index contributed by atoms with van der Waals surface area (Å²) >= 11 is 0. The molecule has 11 N–H and O–H groups in total. The zero-order valence-electron chi connectivity index (χ0n) is 20.2. The fourth-order valence-corrected chi connectivity index (χ4v) is 3.18. The van der Waals surface area contributed by atoms with E-state index in [4.69, 9.17) is 17.2 Å². The number of nitrogens with two attached hydrogens (primary N) is 3. The van der Waals surface area contributed by atoms with E-state index < -0.39 is 66.1 Å². The molecule has 1 aromatic heterocycles. The predicted molar refractivity (Wildman–Crippen MR) is 125 cm³/mol. The molecular weight excluding hydrogens is 476 g/mol. The number of imidazole rings is 1. The Morgan fingerprint density at radius 1 is 0.944 bits per heavy atom. The predicted octanol–water partition coefficient (Wildman–Crippen LogP) is -2.99. The van der Waals surface area contributed by atoms with Crippen molar-refractivity contribution in [3.63, 3.8) is 0 Å². The molecule has 200 valence electrons. The van der Waals surface area contributed by atoms with Crippen molar-refractivity contribution in [3.8, 4) is 0 Å². The highest BCUT2D eigenvalue weighted by Gasteiger charge is 2.31. The fraction of sp³-hybridized carbons (Fsp3) is 0.571. The molecule has 0 bridgehead atoms. The molecule has 0 aliphatic rings. The maximum Gasteiger partial charge on any atom is 0.326 e. The van der Waals surface area contributed by atoms with Gasteiger partial charge in [-0.25, -0.2) is 9.78 Å². The van der Waals surface area contributed by atoms with E-state index in [9.17, 15) is 33.9 Å². The smallest absolute Gasteiger partial charge is 0.326 e. The van der Waals surface area contributed by atoms with Gasteiger partial charge in [-0.15, -0.1) is 0 Å². The van der Waals surface area contributed by atoms with E-state index in [1.54, 1.807) is 0 Å². The molecule has 0 spiro atoms. The minimum atomic E-state index is -1.61. The number of nitrogens with zero attached hydrogens (tertiary/aromatic N) is 1. The van der Waals surface area contributed by atoms with Gasteiger partial charge in [0.15, 0.2) is 0 Å². The van der Waals surface area contributed by atoms with Gasteiger partial charge in [0.05, 0.1) is 18.8 Å². The maximum absolute atomic E-state index is 13.1. The summed E-state index contributed by atoms with van der Waals surface area (Å²) in [5, 5.41) is 16.5. The normalized spacial score (nSPS) is 14.2. The van der Waals surface area contributed by atoms with Crippen LogP contribution in [0.15, 0.2) is 12.5 Å². The van der Waals surface area contributed by atoms with Gasteiger partial charge in [-0.05, 0) is 18.8 Å². The van der Waals surface area contributed by atoms with Gasteiger partial charge in [-0.2, -0.15) is 0 Å². The van der Waals surface area contributed by atoms with Crippen LogP contribution in [0.5, 0.6) is 0 Å². The topological polar surface area (TPSA) is 265 Å². The highest BCUT2D eigenvalue weighted by atomic mass is 16.4. The maximum atomic E-state index is 13.1. The second kappa shape index (κ2) is 14.4. The summed E-state index contributed by atoms with van der Waals surface area (Å²) < 4.78 is 0. The van der Waals surface area contributed by atoms with E-state index in [2.05, 4.69) is 25.9 Å². The first-order chi connectivity index (χ1) is 16.8. The Hall–Kier alpha value is -4.01. The summed E-state index contributed by atoms with van der Waals surface area (Å²) in [6.07, 6.45) is 2.08. The molecule has 0 aliphatic carbocycles. The van der Waals surface area contributed by atoms with E-state index in [0.717, 1.165) is 0 Å². The molecule has 15 nitrogen and oxygen atoms in total. The SMILES string of the molecule is CC(C)CC(NC(=O)C(N)CCC(N)=O)C(=O)NC(Cc1cnc[nH]1)C(=O)NC(CC(N)=O)C(=O)O. The third-order valence-electron chi connectivity index (χ3n) is 5.01. The first kappa shape index (κ1) is 30.0. The molecule has 0 aromatic carbocycles. The number of hydrogen-bond acceptors (Lipinski definition) is 8. The van der Waals surface area contributed by atoms with Crippen LogP contribution in [0.1, 0.15) is 45.2 Å². The van der Waals surface area contributed by atoms with Gasteiger partial charge in [0, 0.05) is 24.7 Å². The fourth-order valence-electron chi connectivity index (χ4n) is 3.18. The van der Waals surface area contributed by atoms with Crippen molar-refractivity contribution < 1.29 is 33.9 Å². The average molecular weight is 511 g/mol. The monoisotopic (exact) mass is 510 g/mol. The third kappa shape index (κ3) is 10.9. The van der Waals surface area contributed by atoms with Crippen LogP contribution in [-0.2, 0) is 35.2 Å². The number of nitrogens with one attached hydrogen (secondary N) is 4. The molecule has 0 radical (unpaired) electrons. The molecule has 1 aromatic rings. The summed E-state index contributed by atoms with van der Waals surface area (Å²) in [6, 6.07) is -5.07. The lowest BCUT2D eigenvalue weighted by Gasteiger charge is -2.25. The van der Waals surface area contributed by atoms with Crippen molar-refractivity contribution in [2.45, 2.75) is 70.1 Å². The molecule has 15 heteroatoms. The number of rotatable bonds is 16. The highest BCUT2D eigenvalue weighted by molar-refractivity contribution is 5.95. The van der Waals surface area contributed by atoms with Gasteiger partial charge in [-0.1, -0.05) is 13.8 Å². The van der Waals surface area contributed by atoms with Crippen LogP contribution in [0, 0.1) is 5.92 Å². The number of carboxylic acid groups (broad SMARTS) is 1. The Morgan fingerprint density at radius 3 is 2.03 bits per heavy atom. The number of carboxylic acids is 1. The van der Waals surface area contributed by atoms with Crippen molar-refractivity contribution in [1.29, 1.82) is 0 Å². The summed E-state index contributed by atoms with van der Waals surface area (Å²) in [6.45, 7) is 3.63. The number of aromatic amines is 1. The van der Waals surface area contributed by atoms with E-state index in [1.807, 2.05) is 13.8 Å². The molecule has 5 amide bonds. The van der Waals surface area contributed by atoms with Crippen LogP contribution < -0.4 is 33.2 Å². The van der Waals surface area contributed by atoms with Gasteiger partial charge in [0.2, 0.25) is 29.5 Å². The van der Waals surface area contributed by atoms with Crippen LogP contribution in [0.2, 0.25) is 0 Å². The number of H-pyrrole nitrogens is 1. The van der Waals surface area contributed by atoms with Crippen molar-refractivity contribution in [2.24, 2.45) is 23.1 Å². The lowest BCUT2D eigenvalue weighted by atomic mass is 10.0. The number of carbonyl (C=O) groups is 6. The lowest BCUT2D eigenvalue weighted by Crippen LogP contribution is -2.58. The minimum absolute atomic E-state index is 0.0154. The Bertz CT molecular complexity index is 935. The Labute approximate surface area is 207 Å². The van der Waals surface area contributed by atoms with Gasteiger partial charge in [-0.3, -0.25) is 24.0 Å². The molecule has 1 rings (SSSR count). The van der Waals surface area contributed by atoms with Crippen LogP contribution in [0.25, 0.3) is 0 Å². The Kier molecular flexibility index (Phi) is 12.0. The molecular formula is C21H34N8O7. The number of aliphatic carboxylic acids is 1. The largest absolute Gasteiger partial charge is 0.480 e. The van der Waals surface area contributed by atoms with E-state index in [0.29, 0.717) is 5.69 Å². The zero-order chi connectivity index (χ0) is 27.4. The van der Waals surface area contributed by atoms with E-state index in [-0.39, 0.29) is 31.6 Å². The Morgan fingerprint density at radius 2 is 1.53 bits per heavy atom. The Balaban J connectivity index is 3.05. The third-order valence-corrected chi connectivity index (χ3v) is 5.01. The van der Waals surface area contributed by atoms with Gasteiger partial charge in [0.1, 0.15) is 18.1 Å². The lowest BCUT2D eigenvalue weighted by molar-refractivity contribution is -0.143. The molecule has 0 aliphatic heterocycles. The molecule has 4 atom stereocenters. The molecule has 4 unspecified atom stereocenters. The number of carbonyl (C=O) groups excluding carboxylic acids is 5. The van der Waals surface area contributed by atoms with Crippen LogP contribution in [-0.4, -0.2) is 74.7 Å². The molecule has 0 fully saturated rings. The summed E-state index contributed by atoms with van der Waals surface area (Å²) in [7, 11) is 0. The van der Waals surface area contributed by atoms with Crippen molar-refractivity contribution in [3.05, 3.63) is 18.2 Å². The van der Waals surface area contributed by atoms with Crippen LogP contribution in [0.3, 0.4) is 0 Å². The average Bonchev–Trinajstić information content (AvgIpc) is 3.28. The number of amides is 5. The first-order valence-electron chi connectivity index (χ1n) is 11.2. The molecule has 0 saturated carbocycles. The molecule has 0 saturated heterocycles. The zero-order valence-corrected chi connectivity index (χ0v) is 20.2. The summed E-state index contributed by atoms with van der Waals surface area (Å²) in [4.78, 5) is 78.7. The number of hydrogen-bond donors (Lipinski definition) is 8. The number of primary amides is 2.